The van der Waals surface area contributed by atoms with Crippen LogP contribution in [0.3, 0.4) is 0 Å². The Labute approximate surface area is 191 Å². The summed E-state index contributed by atoms with van der Waals surface area (Å²) in [5.74, 6) is 1.30. The van der Waals surface area contributed by atoms with Gasteiger partial charge in [-0.15, -0.1) is 0 Å². The molecule has 7 nitrogen and oxygen atoms in total. The maximum absolute atomic E-state index is 12.9. The van der Waals surface area contributed by atoms with Gasteiger partial charge in [0.1, 0.15) is 17.2 Å². The number of fused-ring (bicyclic) bond motifs is 1. The van der Waals surface area contributed by atoms with Crippen molar-refractivity contribution in [3.63, 3.8) is 0 Å². The zero-order chi connectivity index (χ0) is 23.4. The Bertz CT molecular complexity index is 1240. The molecule has 1 aliphatic heterocycles. The first-order chi connectivity index (χ1) is 16.0. The number of Topliss-reactive ketones (excluding diaryl/α,β-unsaturated/α-hetero) is 1. The number of esters is 1. The first kappa shape index (κ1) is 22.0. The van der Waals surface area contributed by atoms with Crippen LogP contribution in [0, 0.1) is 0 Å². The van der Waals surface area contributed by atoms with Crippen molar-refractivity contribution in [1.82, 2.24) is 0 Å². The number of carbonyl (C=O) groups excluding carboxylic acids is 2. The van der Waals surface area contributed by atoms with Crippen molar-refractivity contribution in [1.29, 1.82) is 0 Å². The summed E-state index contributed by atoms with van der Waals surface area (Å²) in [5.41, 5.74) is 1.20. The van der Waals surface area contributed by atoms with Crippen LogP contribution < -0.4 is 23.7 Å². The van der Waals surface area contributed by atoms with Crippen LogP contribution in [0.5, 0.6) is 28.7 Å². The van der Waals surface area contributed by atoms with Gasteiger partial charge in [0.05, 0.1) is 32.0 Å². The van der Waals surface area contributed by atoms with Gasteiger partial charge in [0.25, 0.3) is 0 Å². The van der Waals surface area contributed by atoms with Crippen molar-refractivity contribution >= 4 is 17.8 Å². The van der Waals surface area contributed by atoms with E-state index in [9.17, 15) is 9.59 Å². The van der Waals surface area contributed by atoms with E-state index in [1.54, 1.807) is 60.7 Å². The molecule has 0 amide bonds. The highest BCUT2D eigenvalue weighted by molar-refractivity contribution is 6.14. The van der Waals surface area contributed by atoms with E-state index >= 15 is 0 Å². The second kappa shape index (κ2) is 9.48. The number of ether oxygens (including phenoxy) is 5. The number of benzene rings is 3. The van der Waals surface area contributed by atoms with Crippen LogP contribution in [0.2, 0.25) is 0 Å². The number of rotatable bonds is 7. The molecule has 0 N–H and O–H groups in total. The van der Waals surface area contributed by atoms with Gasteiger partial charge < -0.3 is 23.7 Å². The topological polar surface area (TPSA) is 80.3 Å². The third-order valence-electron chi connectivity index (χ3n) is 4.97. The van der Waals surface area contributed by atoms with Crippen molar-refractivity contribution in [2.45, 2.75) is 6.92 Å². The molecule has 4 rings (SSSR count). The van der Waals surface area contributed by atoms with Crippen LogP contribution in [0.1, 0.15) is 33.2 Å². The summed E-state index contributed by atoms with van der Waals surface area (Å²) in [6.45, 7) is 2.19. The van der Waals surface area contributed by atoms with Crippen LogP contribution >= 0.6 is 0 Å². The van der Waals surface area contributed by atoms with Gasteiger partial charge in [-0.3, -0.25) is 4.79 Å². The lowest BCUT2D eigenvalue weighted by atomic mass is 10.1. The fourth-order valence-electron chi connectivity index (χ4n) is 3.36. The smallest absolute Gasteiger partial charge is 0.343 e. The number of allylic oxidation sites excluding steroid dienone is 1. The summed E-state index contributed by atoms with van der Waals surface area (Å²) in [7, 11) is 3.06. The van der Waals surface area contributed by atoms with Gasteiger partial charge >= 0.3 is 5.97 Å². The van der Waals surface area contributed by atoms with Gasteiger partial charge in [0, 0.05) is 11.6 Å². The molecule has 168 valence electrons. The van der Waals surface area contributed by atoms with E-state index in [-0.39, 0.29) is 17.3 Å². The molecule has 0 saturated carbocycles. The standard InChI is InChI=1S/C26H22O7/c1-4-31-21-10-6-7-16(25(21)33-26(28)17-8-5-9-18(13-17)29-2)14-23-24(27)20-12-11-19(30-3)15-22(20)32-23/h5-15H,4H2,1-3H3/b23-14-. The molecule has 0 spiro atoms. The molecule has 1 heterocycles. The zero-order valence-electron chi connectivity index (χ0n) is 18.4. The highest BCUT2D eigenvalue weighted by Crippen LogP contribution is 2.38. The maximum atomic E-state index is 12.9. The van der Waals surface area contributed by atoms with Crippen molar-refractivity contribution < 1.29 is 33.3 Å². The molecule has 0 atom stereocenters. The SMILES string of the molecule is CCOc1cccc(/C=C2\Oc3cc(OC)ccc3C2=O)c1OC(=O)c1cccc(OC)c1. The minimum absolute atomic E-state index is 0.102. The average Bonchev–Trinajstić information content (AvgIpc) is 3.15. The van der Waals surface area contributed by atoms with Gasteiger partial charge in [0.15, 0.2) is 17.3 Å². The molecular weight excluding hydrogens is 424 g/mol. The number of carbonyl (C=O) groups is 2. The zero-order valence-corrected chi connectivity index (χ0v) is 18.4. The Morgan fingerprint density at radius 3 is 2.48 bits per heavy atom. The molecular formula is C26H22O7. The second-order valence-corrected chi connectivity index (χ2v) is 7.03. The van der Waals surface area contributed by atoms with Crippen LogP contribution in [-0.2, 0) is 0 Å². The van der Waals surface area contributed by atoms with E-state index in [0.29, 0.717) is 46.3 Å². The molecule has 1 aliphatic rings. The van der Waals surface area contributed by atoms with E-state index in [4.69, 9.17) is 23.7 Å². The molecule has 0 radical (unpaired) electrons. The van der Waals surface area contributed by atoms with Crippen LogP contribution in [0.4, 0.5) is 0 Å². The molecule has 0 saturated heterocycles. The first-order valence-electron chi connectivity index (χ1n) is 10.3. The molecule has 0 bridgehead atoms. The van der Waals surface area contributed by atoms with Gasteiger partial charge in [0.2, 0.25) is 5.78 Å². The lowest BCUT2D eigenvalue weighted by molar-refractivity contribution is 0.0727. The Morgan fingerprint density at radius 1 is 0.970 bits per heavy atom. The summed E-state index contributed by atoms with van der Waals surface area (Å²) < 4.78 is 27.5. The summed E-state index contributed by atoms with van der Waals surface area (Å²) >= 11 is 0. The van der Waals surface area contributed by atoms with Crippen molar-refractivity contribution in [2.75, 3.05) is 20.8 Å². The Kier molecular flexibility index (Phi) is 6.31. The lowest BCUT2D eigenvalue weighted by Gasteiger charge is -2.14. The molecule has 3 aromatic rings. The molecule has 0 unspecified atom stereocenters. The van der Waals surface area contributed by atoms with Crippen LogP contribution in [0.25, 0.3) is 6.08 Å². The van der Waals surface area contributed by atoms with E-state index in [1.165, 1.54) is 20.3 Å². The predicted octanol–water partition coefficient (Wildman–Crippen LogP) is 4.94. The third-order valence-corrected chi connectivity index (χ3v) is 4.97. The quantitative estimate of drug-likeness (QED) is 0.289. The molecule has 0 fully saturated rings. The van der Waals surface area contributed by atoms with Gasteiger partial charge in [-0.25, -0.2) is 4.79 Å². The fraction of sp³-hybridized carbons (Fsp3) is 0.154. The molecule has 7 heteroatoms. The van der Waals surface area contributed by atoms with Crippen LogP contribution in [0.15, 0.2) is 66.4 Å². The van der Waals surface area contributed by atoms with Crippen LogP contribution in [-0.4, -0.2) is 32.6 Å². The third kappa shape index (κ3) is 4.52. The van der Waals surface area contributed by atoms with E-state index in [0.717, 1.165) is 0 Å². The Morgan fingerprint density at radius 2 is 1.73 bits per heavy atom. The second-order valence-electron chi connectivity index (χ2n) is 7.03. The van der Waals surface area contributed by atoms with E-state index in [1.807, 2.05) is 6.92 Å². The molecule has 3 aromatic carbocycles. The summed E-state index contributed by atoms with van der Waals surface area (Å²) in [5, 5.41) is 0. The monoisotopic (exact) mass is 446 g/mol. The van der Waals surface area contributed by atoms with Crippen molar-refractivity contribution in [3.05, 3.63) is 83.1 Å². The number of ketones is 1. The highest BCUT2D eigenvalue weighted by Gasteiger charge is 2.28. The van der Waals surface area contributed by atoms with Gasteiger partial charge in [-0.05, 0) is 49.4 Å². The summed E-state index contributed by atoms with van der Waals surface area (Å²) in [6.07, 6.45) is 1.53. The summed E-state index contributed by atoms with van der Waals surface area (Å²) in [6, 6.07) is 16.8. The van der Waals surface area contributed by atoms with Crippen molar-refractivity contribution in [3.8, 4) is 28.7 Å². The number of hydrogen-bond donors (Lipinski definition) is 0. The normalized spacial score (nSPS) is 13.3. The highest BCUT2D eigenvalue weighted by atomic mass is 16.6. The number of methoxy groups -OCH3 is 2. The maximum Gasteiger partial charge on any atom is 0.343 e. The fourth-order valence-corrected chi connectivity index (χ4v) is 3.36. The number of para-hydroxylation sites is 1. The predicted molar refractivity (Wildman–Crippen MR) is 121 cm³/mol. The largest absolute Gasteiger partial charge is 0.497 e. The Balaban J connectivity index is 1.70. The lowest BCUT2D eigenvalue weighted by Crippen LogP contribution is -2.11. The summed E-state index contributed by atoms with van der Waals surface area (Å²) in [4.78, 5) is 25.7. The number of hydrogen-bond acceptors (Lipinski definition) is 7. The molecule has 0 aromatic heterocycles. The molecule has 33 heavy (non-hydrogen) atoms. The van der Waals surface area contributed by atoms with E-state index in [2.05, 4.69) is 0 Å². The van der Waals surface area contributed by atoms with Gasteiger partial charge in [-0.1, -0.05) is 18.2 Å². The van der Waals surface area contributed by atoms with Crippen molar-refractivity contribution in [2.24, 2.45) is 0 Å². The van der Waals surface area contributed by atoms with Gasteiger partial charge in [-0.2, -0.15) is 0 Å². The Hall–Kier alpha value is -4.26. The average molecular weight is 446 g/mol. The minimum atomic E-state index is -0.590. The molecule has 0 aliphatic carbocycles. The minimum Gasteiger partial charge on any atom is -0.497 e. The van der Waals surface area contributed by atoms with E-state index < -0.39 is 5.97 Å². The first-order valence-corrected chi connectivity index (χ1v) is 10.3.